The number of methoxy groups -OCH3 is 1. The van der Waals surface area contributed by atoms with E-state index in [1.165, 1.54) is 59.4 Å². The molecule has 2 N–H and O–H groups in total. The fourth-order valence-electron chi connectivity index (χ4n) is 10.8. The van der Waals surface area contributed by atoms with Crippen LogP contribution in [0.25, 0.3) is 33.4 Å². The molecule has 404 valence electrons. The number of likely N-dealkylation sites (N-methyl/N-ethyl adjacent to an activating group) is 1. The van der Waals surface area contributed by atoms with Crippen LogP contribution in [0.2, 0.25) is 0 Å². The second-order valence-corrected chi connectivity index (χ2v) is 20.9. The molecule has 17 nitrogen and oxygen atoms in total. The predicted molar refractivity (Wildman–Crippen MR) is 266 cm³/mol. The summed E-state index contributed by atoms with van der Waals surface area (Å²) in [6, 6.07) is 5.46. The van der Waals surface area contributed by atoms with E-state index in [1.54, 1.807) is 57.7 Å². The van der Waals surface area contributed by atoms with Crippen molar-refractivity contribution >= 4 is 40.6 Å². The van der Waals surface area contributed by atoms with Gasteiger partial charge in [-0.15, -0.1) is 0 Å². The number of halogens is 5. The molecule has 3 fully saturated rings. The van der Waals surface area contributed by atoms with Crippen molar-refractivity contribution in [1.29, 1.82) is 0 Å². The third-order valence-electron chi connectivity index (χ3n) is 14.5. The number of ether oxygens (including phenoxy) is 3. The molecule has 4 aromatic rings. The first-order valence-electron chi connectivity index (χ1n) is 25.1. The molecule has 4 aliphatic rings. The number of fused-ring (bicyclic) bond motifs is 7. The number of pyridine rings is 2. The molecule has 7 heterocycles. The van der Waals surface area contributed by atoms with Gasteiger partial charge in [0.2, 0.25) is 11.8 Å². The van der Waals surface area contributed by atoms with Crippen molar-refractivity contribution in [1.82, 2.24) is 45.0 Å². The van der Waals surface area contributed by atoms with Crippen LogP contribution >= 0.6 is 0 Å². The number of aromatic nitrogens is 3. The van der Waals surface area contributed by atoms with Crippen LogP contribution in [0.1, 0.15) is 82.5 Å². The molecule has 3 aromatic heterocycles. The molecular formula is C53H64F5N9O8. The highest BCUT2D eigenvalue weighted by atomic mass is 19.4. The number of carbonyl (C=O) groups is 5. The lowest BCUT2D eigenvalue weighted by molar-refractivity contribution is -0.155. The Balaban J connectivity index is 1.22. The number of cyclic esters (lactones) is 1. The van der Waals surface area contributed by atoms with E-state index in [2.05, 4.69) is 22.3 Å². The van der Waals surface area contributed by atoms with Gasteiger partial charge in [-0.2, -0.15) is 13.2 Å². The quantitative estimate of drug-likeness (QED) is 0.0970. The number of hydrogen-bond donors (Lipinski definition) is 2. The number of esters is 1. The van der Waals surface area contributed by atoms with Crippen molar-refractivity contribution in [3.8, 4) is 22.5 Å². The number of morpholine rings is 1. The summed E-state index contributed by atoms with van der Waals surface area (Å²) in [5, 5.41) is 4.36. The van der Waals surface area contributed by atoms with Gasteiger partial charge in [-0.3, -0.25) is 34.2 Å². The maximum absolute atomic E-state index is 15.0. The number of likely N-dealkylation sites (tertiary alicyclic amines) is 1. The number of nitrogens with one attached hydrogen (secondary N) is 2. The van der Waals surface area contributed by atoms with Crippen LogP contribution in [-0.2, 0) is 52.8 Å². The number of nitrogens with zero attached hydrogens (tertiary/aromatic N) is 7. The van der Waals surface area contributed by atoms with Crippen molar-refractivity contribution < 1.29 is 60.1 Å². The first kappa shape index (κ1) is 54.7. The lowest BCUT2D eigenvalue weighted by atomic mass is 9.84. The Morgan fingerprint density at radius 2 is 1.84 bits per heavy atom. The summed E-state index contributed by atoms with van der Waals surface area (Å²) in [6.07, 6.45) is -5.92. The van der Waals surface area contributed by atoms with Gasteiger partial charge in [0.15, 0.2) is 0 Å². The topological polar surface area (TPSA) is 181 Å². The van der Waals surface area contributed by atoms with Gasteiger partial charge >= 0.3 is 18.2 Å². The Morgan fingerprint density at radius 1 is 1.08 bits per heavy atom. The number of amides is 5. The van der Waals surface area contributed by atoms with Crippen LogP contribution in [-0.4, -0.2) is 154 Å². The van der Waals surface area contributed by atoms with E-state index in [-0.39, 0.29) is 79.8 Å². The third kappa shape index (κ3) is 11.7. The zero-order valence-corrected chi connectivity index (χ0v) is 43.1. The summed E-state index contributed by atoms with van der Waals surface area (Å²) < 4.78 is 93.1. The Kier molecular flexibility index (Phi) is 16.0. The van der Waals surface area contributed by atoms with Gasteiger partial charge in [0.1, 0.15) is 24.7 Å². The van der Waals surface area contributed by atoms with Gasteiger partial charge in [0, 0.05) is 85.1 Å². The van der Waals surface area contributed by atoms with E-state index in [9.17, 15) is 37.1 Å². The van der Waals surface area contributed by atoms with E-state index in [0.717, 1.165) is 10.6 Å². The molecule has 0 aliphatic carbocycles. The molecule has 1 aromatic carbocycles. The molecule has 4 aliphatic heterocycles. The molecule has 75 heavy (non-hydrogen) atoms. The summed E-state index contributed by atoms with van der Waals surface area (Å²) in [4.78, 5) is 84.2. The van der Waals surface area contributed by atoms with Crippen molar-refractivity contribution in [2.75, 3.05) is 53.6 Å². The third-order valence-corrected chi connectivity index (χ3v) is 14.5. The molecule has 0 spiro atoms. The fraction of sp³-hybridized carbons (Fsp3) is 0.528. The van der Waals surface area contributed by atoms with Crippen LogP contribution in [0.15, 0.2) is 61.3 Å². The van der Waals surface area contributed by atoms with Crippen molar-refractivity contribution in [3.05, 3.63) is 83.8 Å². The molecule has 6 atom stereocenters. The fourth-order valence-corrected chi connectivity index (χ4v) is 10.8. The van der Waals surface area contributed by atoms with E-state index in [1.807, 2.05) is 0 Å². The number of urea groups is 1. The van der Waals surface area contributed by atoms with Crippen LogP contribution in [0.5, 0.6) is 0 Å². The maximum atomic E-state index is 15.0. The zero-order valence-electron chi connectivity index (χ0n) is 43.1. The van der Waals surface area contributed by atoms with Gasteiger partial charge < -0.3 is 38.8 Å². The highest BCUT2D eigenvalue weighted by molar-refractivity contribution is 5.96. The maximum Gasteiger partial charge on any atom is 0.406 e. The number of rotatable bonds is 10. The minimum absolute atomic E-state index is 0.0211. The molecule has 3 saturated heterocycles. The average molecular weight is 1050 g/mol. The van der Waals surface area contributed by atoms with Gasteiger partial charge in [0.25, 0.3) is 12.3 Å². The van der Waals surface area contributed by atoms with E-state index < -0.39 is 103 Å². The second kappa shape index (κ2) is 22.0. The van der Waals surface area contributed by atoms with Crippen molar-refractivity contribution in [3.63, 3.8) is 0 Å². The van der Waals surface area contributed by atoms with Gasteiger partial charge in [0.05, 0.1) is 55.1 Å². The number of hydrazine groups is 1. The van der Waals surface area contributed by atoms with Gasteiger partial charge in [-0.1, -0.05) is 40.3 Å². The Hall–Kier alpha value is -6.52. The lowest BCUT2D eigenvalue weighted by Crippen LogP contribution is -2.62. The molecule has 5 amide bonds. The first-order chi connectivity index (χ1) is 35.5. The molecule has 0 radical (unpaired) electrons. The summed E-state index contributed by atoms with van der Waals surface area (Å²) in [5.41, 5.74) is 3.37. The van der Waals surface area contributed by atoms with E-state index in [0.29, 0.717) is 35.2 Å². The highest BCUT2D eigenvalue weighted by Gasteiger charge is 2.46. The SMILES string of the molecule is C=CC(=O)N1CCO[C@H]2CN(C(=O)N(C)[C@H](C(=O)N[C@H]3Cc4cc(C(F)F)cc(n4)-c4ccc5c(c4)c(c(-c4cccnc4C(C)OC)n5CC(F)(F)F)CC(C)(C)COC(=O)[C@@H]4CCCN(N4)C3=O)C(C)C)C[C@H]21. The Morgan fingerprint density at radius 3 is 2.53 bits per heavy atom. The number of benzene rings is 1. The standard InChI is InChI=1S/C53H64F5N9O8/c1-9-43(68)65-18-19-74-42-26-64(25-41(42)65)51(72)63(7)45(29(2)3)48(69)61-39-23-33-20-32(47(54)55)22-38(60-33)31-14-15-40-35(21-31)36(24-52(5,6)28-75-50(71)37-13-11-17-67(62-37)49(39)70)46(66(40)27-53(56,57)58)34-12-10-16-59-44(34)30(4)73-8/h9-10,12,14-16,20-22,29-30,37,39,41-42,45,47,62H,1,11,13,17-19,23-28H2,2-8H3,(H,61,69)/t30?,37-,39-,41+,42-,45-/m0/s1. The van der Waals surface area contributed by atoms with Crippen molar-refractivity contribution in [2.24, 2.45) is 11.3 Å². The minimum atomic E-state index is -4.70. The Bertz CT molecular complexity index is 2840. The van der Waals surface area contributed by atoms with Crippen LogP contribution in [0, 0.1) is 11.3 Å². The minimum Gasteiger partial charge on any atom is -0.464 e. The van der Waals surface area contributed by atoms with E-state index >= 15 is 8.78 Å². The summed E-state index contributed by atoms with van der Waals surface area (Å²) in [6.45, 7) is 11.7. The predicted octanol–water partition coefficient (Wildman–Crippen LogP) is 6.80. The molecule has 0 saturated carbocycles. The normalized spacial score (nSPS) is 22.1. The number of carbonyl (C=O) groups excluding carboxylic acids is 5. The summed E-state index contributed by atoms with van der Waals surface area (Å²) >= 11 is 0. The van der Waals surface area contributed by atoms with Crippen LogP contribution in [0.4, 0.5) is 26.7 Å². The summed E-state index contributed by atoms with van der Waals surface area (Å²) in [7, 11) is 2.92. The highest BCUT2D eigenvalue weighted by Crippen LogP contribution is 2.43. The molecule has 1 unspecified atom stereocenters. The Labute approximate surface area is 431 Å². The number of hydrogen-bond acceptors (Lipinski definition) is 11. The van der Waals surface area contributed by atoms with Gasteiger partial charge in [-0.25, -0.2) is 19.0 Å². The van der Waals surface area contributed by atoms with Crippen molar-refractivity contribution in [2.45, 2.75) is 116 Å². The van der Waals surface area contributed by atoms with E-state index in [4.69, 9.17) is 19.2 Å². The molecular weight excluding hydrogens is 986 g/mol. The largest absolute Gasteiger partial charge is 0.464 e. The molecule has 8 rings (SSSR count). The molecule has 6 bridgehead atoms. The second-order valence-electron chi connectivity index (χ2n) is 20.9. The number of alkyl halides is 5. The van der Waals surface area contributed by atoms with Gasteiger partial charge in [-0.05, 0) is 80.1 Å². The first-order valence-corrected chi connectivity index (χ1v) is 25.1. The van der Waals surface area contributed by atoms with Crippen LogP contribution < -0.4 is 10.7 Å². The zero-order chi connectivity index (χ0) is 54.3. The monoisotopic (exact) mass is 1050 g/mol. The van der Waals surface area contributed by atoms with Crippen LogP contribution in [0.3, 0.4) is 0 Å². The summed E-state index contributed by atoms with van der Waals surface area (Å²) in [5.74, 6) is -3.00. The lowest BCUT2D eigenvalue weighted by Gasteiger charge is -2.37. The average Bonchev–Trinajstić information content (AvgIpc) is 3.94. The smallest absolute Gasteiger partial charge is 0.406 e. The molecule has 22 heteroatoms.